The lowest BCUT2D eigenvalue weighted by molar-refractivity contribution is -0.123. The maximum Gasteiger partial charge on any atom is 0.276 e. The Labute approximate surface area is 183 Å². The van der Waals surface area contributed by atoms with Crippen LogP contribution in [0.15, 0.2) is 46.9 Å². The highest BCUT2D eigenvalue weighted by atomic mass is 79.9. The Hall–Kier alpha value is -2.65. The van der Waals surface area contributed by atoms with E-state index in [9.17, 15) is 9.59 Å². The summed E-state index contributed by atoms with van der Waals surface area (Å²) in [5.74, 6) is 0.133. The van der Waals surface area contributed by atoms with Crippen LogP contribution in [0.25, 0.3) is 0 Å². The van der Waals surface area contributed by atoms with Crippen molar-refractivity contribution in [1.29, 1.82) is 0 Å². The summed E-state index contributed by atoms with van der Waals surface area (Å²) in [6, 6.07) is 12.5. The second kappa shape index (κ2) is 11.4. The molecule has 0 spiro atoms. The van der Waals surface area contributed by atoms with Gasteiger partial charge in [0.25, 0.3) is 11.8 Å². The molecule has 3 N–H and O–H groups in total. The number of aryl methyl sites for hydroxylation is 1. The minimum Gasteiger partial charge on any atom is -0.493 e. The normalized spacial score (nSPS) is 10.0. The van der Waals surface area contributed by atoms with E-state index in [1.54, 1.807) is 24.3 Å². The molecule has 0 saturated heterocycles. The second-order valence-electron chi connectivity index (χ2n) is 6.05. The first-order valence-electron chi connectivity index (χ1n) is 8.91. The van der Waals surface area contributed by atoms with Crippen LogP contribution in [0.5, 0.6) is 11.5 Å². The minimum absolute atomic E-state index is 0.0553. The van der Waals surface area contributed by atoms with E-state index in [1.165, 1.54) is 0 Å². The molecule has 0 radical (unpaired) electrons. The number of carbonyl (C=O) groups excluding carboxylic acids is 2. The molecule has 2 rings (SSSR count). The summed E-state index contributed by atoms with van der Waals surface area (Å²) >= 11 is 8.39. The average Bonchev–Trinajstić information content (AvgIpc) is 2.69. The zero-order chi connectivity index (χ0) is 21.2. The molecule has 0 aromatic heterocycles. The van der Waals surface area contributed by atoms with Gasteiger partial charge in [0, 0.05) is 4.47 Å². The predicted molar refractivity (Wildman–Crippen MR) is 118 cm³/mol. The van der Waals surface area contributed by atoms with Gasteiger partial charge in [-0.15, -0.1) is 0 Å². The van der Waals surface area contributed by atoms with E-state index in [0.29, 0.717) is 23.7 Å². The lowest BCUT2D eigenvalue weighted by Gasteiger charge is -2.14. The first-order valence-corrected chi connectivity index (χ1v) is 10.1. The number of hydrazine groups is 1. The summed E-state index contributed by atoms with van der Waals surface area (Å²) in [5, 5.41) is 2.45. The van der Waals surface area contributed by atoms with Crippen LogP contribution in [0.3, 0.4) is 0 Å². The number of ether oxygens (including phenoxy) is 2. The van der Waals surface area contributed by atoms with Crippen LogP contribution < -0.4 is 25.6 Å². The first kappa shape index (κ1) is 22.6. The van der Waals surface area contributed by atoms with Crippen molar-refractivity contribution in [1.82, 2.24) is 16.2 Å². The molecule has 0 aliphatic carbocycles. The average molecular weight is 480 g/mol. The van der Waals surface area contributed by atoms with Crippen molar-refractivity contribution in [2.75, 3.05) is 13.2 Å². The topological polar surface area (TPSA) is 88.7 Å². The third-order valence-electron chi connectivity index (χ3n) is 3.55. The van der Waals surface area contributed by atoms with E-state index in [0.717, 1.165) is 16.5 Å². The van der Waals surface area contributed by atoms with Crippen molar-refractivity contribution in [2.24, 2.45) is 0 Å². The number of hydrogen-bond acceptors (Lipinski definition) is 5. The second-order valence-corrected chi connectivity index (χ2v) is 7.37. The van der Waals surface area contributed by atoms with Gasteiger partial charge in [-0.25, -0.2) is 0 Å². The van der Waals surface area contributed by atoms with E-state index in [1.807, 2.05) is 32.0 Å². The summed E-state index contributed by atoms with van der Waals surface area (Å²) in [6.45, 7) is 4.19. The van der Waals surface area contributed by atoms with E-state index >= 15 is 0 Å². The van der Waals surface area contributed by atoms with Gasteiger partial charge in [-0.1, -0.05) is 35.0 Å². The van der Waals surface area contributed by atoms with Gasteiger partial charge in [-0.2, -0.15) is 0 Å². The molecule has 0 saturated carbocycles. The van der Waals surface area contributed by atoms with Gasteiger partial charge in [0.2, 0.25) is 0 Å². The standard InChI is InChI=1S/C20H22BrN3O4S/c1-3-9-27-17-8-7-14(21)11-16(17)19(26)22-20(29)24-23-18(25)12-28-15-6-4-5-13(2)10-15/h4-8,10-11H,3,9,12H2,1-2H3,(H,23,25)(H2,22,24,26,29). The predicted octanol–water partition coefficient (Wildman–Crippen LogP) is 3.26. The summed E-state index contributed by atoms with van der Waals surface area (Å²) in [5.41, 5.74) is 6.20. The Bertz CT molecular complexity index is 892. The minimum atomic E-state index is -0.458. The van der Waals surface area contributed by atoms with Crippen molar-refractivity contribution in [3.8, 4) is 11.5 Å². The Balaban J connectivity index is 1.83. The number of hydrogen-bond donors (Lipinski definition) is 3. The number of benzene rings is 2. The van der Waals surface area contributed by atoms with Crippen molar-refractivity contribution in [2.45, 2.75) is 20.3 Å². The molecule has 29 heavy (non-hydrogen) atoms. The van der Waals surface area contributed by atoms with Crippen LogP contribution in [-0.4, -0.2) is 30.1 Å². The maximum absolute atomic E-state index is 12.5. The van der Waals surface area contributed by atoms with Crippen molar-refractivity contribution in [3.05, 3.63) is 58.1 Å². The van der Waals surface area contributed by atoms with Gasteiger partial charge in [0.05, 0.1) is 12.2 Å². The smallest absolute Gasteiger partial charge is 0.276 e. The quantitative estimate of drug-likeness (QED) is 0.417. The van der Waals surface area contributed by atoms with Crippen LogP contribution >= 0.6 is 28.1 Å². The van der Waals surface area contributed by atoms with E-state index in [-0.39, 0.29) is 11.7 Å². The molecule has 0 unspecified atom stereocenters. The summed E-state index contributed by atoms with van der Waals surface area (Å²) in [7, 11) is 0. The fourth-order valence-corrected chi connectivity index (χ4v) is 2.74. The number of carbonyl (C=O) groups is 2. The van der Waals surface area contributed by atoms with E-state index < -0.39 is 11.8 Å². The van der Waals surface area contributed by atoms with Crippen LogP contribution in [0.4, 0.5) is 0 Å². The number of rotatable bonds is 7. The number of nitrogens with one attached hydrogen (secondary N) is 3. The van der Waals surface area contributed by atoms with Gasteiger partial charge < -0.3 is 9.47 Å². The number of thiocarbonyl (C=S) groups is 1. The molecule has 7 nitrogen and oxygen atoms in total. The molecule has 0 aliphatic heterocycles. The molecule has 2 amide bonds. The van der Waals surface area contributed by atoms with Crippen molar-refractivity contribution in [3.63, 3.8) is 0 Å². The van der Waals surface area contributed by atoms with Gasteiger partial charge in [0.15, 0.2) is 11.7 Å². The van der Waals surface area contributed by atoms with E-state index in [4.69, 9.17) is 21.7 Å². The Morgan fingerprint density at radius 1 is 1.10 bits per heavy atom. The molecule has 0 fully saturated rings. The summed E-state index contributed by atoms with van der Waals surface area (Å²) < 4.78 is 11.7. The van der Waals surface area contributed by atoms with Crippen molar-refractivity contribution < 1.29 is 19.1 Å². The zero-order valence-corrected chi connectivity index (χ0v) is 18.5. The molecule has 9 heteroatoms. The molecule has 2 aromatic rings. The molecular weight excluding hydrogens is 458 g/mol. The van der Waals surface area contributed by atoms with Gasteiger partial charge >= 0.3 is 0 Å². The fourth-order valence-electron chi connectivity index (χ4n) is 2.24. The van der Waals surface area contributed by atoms with Gasteiger partial charge in [-0.05, 0) is 61.5 Å². The number of halogens is 1. The van der Waals surface area contributed by atoms with E-state index in [2.05, 4.69) is 32.1 Å². The number of amides is 2. The monoisotopic (exact) mass is 479 g/mol. The van der Waals surface area contributed by atoms with Crippen LogP contribution in [0.1, 0.15) is 29.3 Å². The van der Waals surface area contributed by atoms with Gasteiger partial charge in [-0.3, -0.25) is 25.8 Å². The maximum atomic E-state index is 12.5. The highest BCUT2D eigenvalue weighted by Gasteiger charge is 2.15. The molecule has 0 heterocycles. The SMILES string of the molecule is CCCOc1ccc(Br)cc1C(=O)NC(=S)NNC(=O)COc1cccc(C)c1. The highest BCUT2D eigenvalue weighted by Crippen LogP contribution is 2.23. The lowest BCUT2D eigenvalue weighted by atomic mass is 10.2. The Morgan fingerprint density at radius 3 is 2.62 bits per heavy atom. The zero-order valence-electron chi connectivity index (χ0n) is 16.1. The molecule has 0 atom stereocenters. The lowest BCUT2D eigenvalue weighted by Crippen LogP contribution is -2.49. The van der Waals surface area contributed by atoms with Crippen molar-refractivity contribution >= 4 is 45.1 Å². The van der Waals surface area contributed by atoms with Crippen LogP contribution in [0.2, 0.25) is 0 Å². The largest absolute Gasteiger partial charge is 0.493 e. The third kappa shape index (κ3) is 7.71. The molecule has 0 aliphatic rings. The highest BCUT2D eigenvalue weighted by molar-refractivity contribution is 9.10. The first-order chi connectivity index (χ1) is 13.9. The summed E-state index contributed by atoms with van der Waals surface area (Å²) in [6.07, 6.45) is 0.813. The molecule has 154 valence electrons. The Kier molecular flexibility index (Phi) is 8.88. The van der Waals surface area contributed by atoms with Gasteiger partial charge in [0.1, 0.15) is 11.5 Å². The van der Waals surface area contributed by atoms with Crippen LogP contribution in [-0.2, 0) is 4.79 Å². The van der Waals surface area contributed by atoms with Crippen LogP contribution in [0, 0.1) is 6.92 Å². The fraction of sp³-hybridized carbons (Fsp3) is 0.250. The summed E-state index contributed by atoms with van der Waals surface area (Å²) in [4.78, 5) is 24.4. The molecule has 0 bridgehead atoms. The molecular formula is C20H22BrN3O4S. The molecule has 2 aromatic carbocycles. The Morgan fingerprint density at radius 2 is 1.90 bits per heavy atom. The third-order valence-corrected chi connectivity index (χ3v) is 4.25.